The lowest BCUT2D eigenvalue weighted by Gasteiger charge is -2.15. The van der Waals surface area contributed by atoms with Crippen LogP contribution in [0.15, 0.2) is 53.4 Å². The van der Waals surface area contributed by atoms with Crippen LogP contribution >= 0.6 is 0 Å². The maximum atomic E-state index is 11.9. The number of carbonyl (C=O) groups is 1. The summed E-state index contributed by atoms with van der Waals surface area (Å²) in [7, 11) is -3.22. The van der Waals surface area contributed by atoms with Crippen LogP contribution in [-0.4, -0.2) is 33.9 Å². The van der Waals surface area contributed by atoms with Crippen LogP contribution < -0.4 is 15.4 Å². The highest BCUT2D eigenvalue weighted by Gasteiger charge is 2.11. The predicted octanol–water partition coefficient (Wildman–Crippen LogP) is 2.84. The molecule has 0 saturated carbocycles. The molecule has 2 rings (SSSR count). The van der Waals surface area contributed by atoms with E-state index in [1.807, 2.05) is 38.1 Å². The largest absolute Gasteiger partial charge is 0.492 e. The van der Waals surface area contributed by atoms with E-state index in [0.29, 0.717) is 13.2 Å². The Morgan fingerprint density at radius 1 is 1.15 bits per heavy atom. The molecule has 0 aliphatic carbocycles. The fourth-order valence-corrected chi connectivity index (χ4v) is 3.00. The number of aryl methyl sites for hydroxylation is 1. The van der Waals surface area contributed by atoms with Gasteiger partial charge in [0.15, 0.2) is 9.84 Å². The van der Waals surface area contributed by atoms with Gasteiger partial charge in [-0.1, -0.05) is 24.3 Å². The zero-order chi connectivity index (χ0) is 19.2. The molecule has 1 atom stereocenters. The standard InChI is InChI=1S/C19H24N2O4S/c1-14-5-4-6-17(13-14)25-12-11-20-19(22)21-15(2)16-7-9-18(10-8-16)26(3,23)24/h4-10,13,15H,11-12H2,1-3H3,(H2,20,21,22). The van der Waals surface area contributed by atoms with E-state index in [2.05, 4.69) is 10.6 Å². The van der Waals surface area contributed by atoms with Crippen molar-refractivity contribution in [2.45, 2.75) is 24.8 Å². The Hall–Kier alpha value is -2.54. The van der Waals surface area contributed by atoms with E-state index in [9.17, 15) is 13.2 Å². The summed E-state index contributed by atoms with van der Waals surface area (Å²) < 4.78 is 28.5. The Morgan fingerprint density at radius 3 is 2.46 bits per heavy atom. The highest BCUT2D eigenvalue weighted by molar-refractivity contribution is 7.90. The van der Waals surface area contributed by atoms with Crippen LogP contribution in [-0.2, 0) is 9.84 Å². The van der Waals surface area contributed by atoms with Crippen molar-refractivity contribution in [2.75, 3.05) is 19.4 Å². The Morgan fingerprint density at radius 2 is 1.85 bits per heavy atom. The summed E-state index contributed by atoms with van der Waals surface area (Å²) >= 11 is 0. The fraction of sp³-hybridized carbons (Fsp3) is 0.316. The smallest absolute Gasteiger partial charge is 0.315 e. The molecule has 140 valence electrons. The number of nitrogens with one attached hydrogen (secondary N) is 2. The predicted molar refractivity (Wildman–Crippen MR) is 101 cm³/mol. The van der Waals surface area contributed by atoms with Crippen LogP contribution in [0.2, 0.25) is 0 Å². The molecule has 0 saturated heterocycles. The number of hydrogen-bond donors (Lipinski definition) is 2. The van der Waals surface area contributed by atoms with Gasteiger partial charge < -0.3 is 15.4 Å². The van der Waals surface area contributed by atoms with Gasteiger partial charge in [0, 0.05) is 6.26 Å². The average Bonchev–Trinajstić information content (AvgIpc) is 2.58. The van der Waals surface area contributed by atoms with E-state index >= 15 is 0 Å². The van der Waals surface area contributed by atoms with Gasteiger partial charge in [-0.05, 0) is 49.2 Å². The minimum Gasteiger partial charge on any atom is -0.492 e. The highest BCUT2D eigenvalue weighted by Crippen LogP contribution is 2.16. The van der Waals surface area contributed by atoms with Crippen molar-refractivity contribution in [1.82, 2.24) is 10.6 Å². The summed E-state index contributed by atoms with van der Waals surface area (Å²) in [6, 6.07) is 13.6. The van der Waals surface area contributed by atoms with Gasteiger partial charge >= 0.3 is 6.03 Å². The van der Waals surface area contributed by atoms with Gasteiger partial charge in [-0.25, -0.2) is 13.2 Å². The second-order valence-electron chi connectivity index (χ2n) is 6.13. The van der Waals surface area contributed by atoms with Crippen molar-refractivity contribution in [3.8, 4) is 5.75 Å². The van der Waals surface area contributed by atoms with Crippen LogP contribution in [0.25, 0.3) is 0 Å². The zero-order valence-corrected chi connectivity index (χ0v) is 16.0. The Bertz CT molecular complexity index is 848. The lowest BCUT2D eigenvalue weighted by Crippen LogP contribution is -2.39. The Labute approximate surface area is 154 Å². The van der Waals surface area contributed by atoms with Crippen LogP contribution in [0.1, 0.15) is 24.1 Å². The van der Waals surface area contributed by atoms with Crippen LogP contribution in [0.4, 0.5) is 4.79 Å². The lowest BCUT2D eigenvalue weighted by atomic mass is 10.1. The van der Waals surface area contributed by atoms with E-state index in [4.69, 9.17) is 4.74 Å². The first-order chi connectivity index (χ1) is 12.3. The monoisotopic (exact) mass is 376 g/mol. The Kier molecular flexibility index (Phi) is 6.63. The van der Waals surface area contributed by atoms with Crippen molar-refractivity contribution >= 4 is 15.9 Å². The SMILES string of the molecule is Cc1cccc(OCCNC(=O)NC(C)c2ccc(S(C)(=O)=O)cc2)c1. The second kappa shape index (κ2) is 8.71. The van der Waals surface area contributed by atoms with Crippen LogP contribution in [0.5, 0.6) is 5.75 Å². The molecule has 1 unspecified atom stereocenters. The molecule has 2 amide bonds. The number of carbonyl (C=O) groups excluding carboxylic acids is 1. The molecule has 2 N–H and O–H groups in total. The van der Waals surface area contributed by atoms with Gasteiger partial charge in [0.2, 0.25) is 0 Å². The number of sulfone groups is 1. The van der Waals surface area contributed by atoms with Crippen molar-refractivity contribution < 1.29 is 17.9 Å². The quantitative estimate of drug-likeness (QED) is 0.728. The molecule has 26 heavy (non-hydrogen) atoms. The first-order valence-electron chi connectivity index (χ1n) is 8.29. The molecule has 0 bridgehead atoms. The first-order valence-corrected chi connectivity index (χ1v) is 10.2. The fourth-order valence-electron chi connectivity index (χ4n) is 2.37. The van der Waals surface area contributed by atoms with Gasteiger partial charge in [-0.2, -0.15) is 0 Å². The molecule has 6 nitrogen and oxygen atoms in total. The van der Waals surface area contributed by atoms with Gasteiger partial charge in [0.05, 0.1) is 17.5 Å². The number of hydrogen-bond acceptors (Lipinski definition) is 4. The van der Waals surface area contributed by atoms with Crippen molar-refractivity contribution in [1.29, 1.82) is 0 Å². The summed E-state index contributed by atoms with van der Waals surface area (Å²) in [5.74, 6) is 0.770. The average molecular weight is 376 g/mol. The topological polar surface area (TPSA) is 84.5 Å². The molecule has 2 aromatic rings. The Balaban J connectivity index is 1.76. The van der Waals surface area contributed by atoms with Crippen LogP contribution in [0, 0.1) is 6.92 Å². The molecule has 0 aliphatic rings. The number of benzene rings is 2. The van der Waals surface area contributed by atoms with Crippen LogP contribution in [0.3, 0.4) is 0 Å². The second-order valence-corrected chi connectivity index (χ2v) is 8.14. The van der Waals surface area contributed by atoms with Gasteiger partial charge in [0.25, 0.3) is 0 Å². The lowest BCUT2D eigenvalue weighted by molar-refractivity contribution is 0.233. The summed E-state index contributed by atoms with van der Waals surface area (Å²) in [5.41, 5.74) is 1.94. The van der Waals surface area contributed by atoms with Gasteiger partial charge in [-0.3, -0.25) is 0 Å². The minimum absolute atomic E-state index is 0.249. The summed E-state index contributed by atoms with van der Waals surface area (Å²) in [5, 5.41) is 5.54. The molecule has 0 radical (unpaired) electrons. The molecule has 7 heteroatoms. The number of rotatable bonds is 7. The number of amides is 2. The van der Waals surface area contributed by atoms with E-state index in [-0.39, 0.29) is 17.0 Å². The third-order valence-electron chi connectivity index (χ3n) is 3.80. The molecular weight excluding hydrogens is 352 g/mol. The normalized spacial score (nSPS) is 12.3. The van der Waals surface area contributed by atoms with Gasteiger partial charge in [0.1, 0.15) is 12.4 Å². The van der Waals surface area contributed by atoms with Gasteiger partial charge in [-0.15, -0.1) is 0 Å². The number of urea groups is 1. The van der Waals surface area contributed by atoms with E-state index in [0.717, 1.165) is 23.1 Å². The maximum Gasteiger partial charge on any atom is 0.315 e. The molecular formula is C19H24N2O4S. The molecule has 0 aliphatic heterocycles. The summed E-state index contributed by atoms with van der Waals surface area (Å²) in [6.45, 7) is 4.56. The molecule has 0 fully saturated rings. The molecule has 2 aromatic carbocycles. The van der Waals surface area contributed by atoms with E-state index < -0.39 is 9.84 Å². The summed E-state index contributed by atoms with van der Waals surface area (Å²) in [6.07, 6.45) is 1.16. The third kappa shape index (κ3) is 6.07. The van der Waals surface area contributed by atoms with Crippen molar-refractivity contribution in [3.05, 3.63) is 59.7 Å². The molecule has 0 spiro atoms. The zero-order valence-electron chi connectivity index (χ0n) is 15.2. The summed E-state index contributed by atoms with van der Waals surface area (Å²) in [4.78, 5) is 12.2. The maximum absolute atomic E-state index is 11.9. The van der Waals surface area contributed by atoms with E-state index in [1.54, 1.807) is 12.1 Å². The van der Waals surface area contributed by atoms with Crippen molar-refractivity contribution in [3.63, 3.8) is 0 Å². The van der Waals surface area contributed by atoms with E-state index in [1.165, 1.54) is 12.1 Å². The first kappa shape index (κ1) is 19.8. The highest BCUT2D eigenvalue weighted by atomic mass is 32.2. The molecule has 0 aromatic heterocycles. The third-order valence-corrected chi connectivity index (χ3v) is 4.93. The minimum atomic E-state index is -3.22. The molecule has 0 heterocycles. The number of ether oxygens (including phenoxy) is 1. The van der Waals surface area contributed by atoms with Crippen molar-refractivity contribution in [2.24, 2.45) is 0 Å².